The molecule has 0 aromatic rings. The molecule has 1 N–H and O–H groups in total. The minimum Gasteiger partial charge on any atom is -0.475 e. The Morgan fingerprint density at radius 2 is 0.778 bits per heavy atom. The Morgan fingerprint density at radius 1 is 0.444 bits per heavy atom. The largest absolute Gasteiger partial charge is 0.475 e. The lowest BCUT2D eigenvalue weighted by molar-refractivity contribution is -0.530. The molecule has 0 saturated heterocycles. The second-order valence-corrected chi connectivity index (χ2v) is 8.21. The Hall–Kier alpha value is -2.14. The average molecular weight is 763 g/mol. The Labute approximate surface area is 229 Å². The molecule has 270 valence electrons. The van der Waals surface area contributed by atoms with Crippen LogP contribution >= 0.6 is 11.6 Å². The van der Waals surface area contributed by atoms with Crippen LogP contribution in [-0.4, -0.2) is 88.3 Å². The van der Waals surface area contributed by atoms with E-state index in [2.05, 4.69) is 11.6 Å². The lowest BCUT2D eigenvalue weighted by atomic mass is 9.76. The lowest BCUT2D eigenvalue weighted by Crippen LogP contribution is -2.83. The molecule has 4 nitrogen and oxygen atoms in total. The van der Waals surface area contributed by atoms with Gasteiger partial charge in [-0.25, -0.2) is 22.7 Å². The van der Waals surface area contributed by atoms with Gasteiger partial charge in [0, 0.05) is 0 Å². The zero-order valence-corrected chi connectivity index (χ0v) is 19.6. The number of hydrogen-bond acceptors (Lipinski definition) is 3. The number of carbonyl (C=O) groups is 1. The molecule has 31 heteroatoms. The first kappa shape index (κ1) is 42.9. The first-order chi connectivity index (χ1) is 18.9. The van der Waals surface area contributed by atoms with Gasteiger partial charge >= 0.3 is 83.2 Å². The molecule has 0 aliphatic rings. The van der Waals surface area contributed by atoms with E-state index in [9.17, 15) is 119 Å². The Kier molecular flexibility index (Phi) is 10.2. The summed E-state index contributed by atoms with van der Waals surface area (Å²) in [6.45, 7) is 0. The summed E-state index contributed by atoms with van der Waals surface area (Å²) >= 11 is 3.35. The van der Waals surface area contributed by atoms with Crippen molar-refractivity contribution in [3.63, 3.8) is 0 Å². The molecule has 0 aromatic carbocycles. The van der Waals surface area contributed by atoms with E-state index < -0.39 is 83.2 Å². The third kappa shape index (κ3) is 5.93. The monoisotopic (exact) mass is 762 g/mol. The quantitative estimate of drug-likeness (QED) is 0.170. The van der Waals surface area contributed by atoms with Gasteiger partial charge in [-0.1, -0.05) is 11.6 Å². The number of halogens is 27. The third-order valence-electron chi connectivity index (χ3n) is 4.74. The van der Waals surface area contributed by atoms with Gasteiger partial charge in [-0.3, -0.25) is 4.74 Å². The predicted octanol–water partition coefficient (Wildman–Crippen LogP) is 8.39. The summed E-state index contributed by atoms with van der Waals surface area (Å²) in [6.07, 6.45) is -60.1. The normalized spacial score (nSPS) is 21.0. The highest BCUT2D eigenvalue weighted by Crippen LogP contribution is 2.69. The van der Waals surface area contributed by atoms with Crippen molar-refractivity contribution >= 4 is 17.6 Å². The SMILES string of the molecule is O=C(O)C(F)(F)OC(F)(C(F)(F)F)C(F)(F)C(F)(C(F)(F)F)C(F)(F)C(F)(C(F)(F)F)C(F)(F)OC(F)(F)C(F)(Cl)C(F)(F)F. The Balaban J connectivity index is 8.26. The number of alkyl halides is 27. The summed E-state index contributed by atoms with van der Waals surface area (Å²) in [4.78, 5) is 10.1. The second kappa shape index (κ2) is 10.7. The molecule has 4 atom stereocenters. The molecule has 4 unspecified atom stereocenters. The molecule has 0 saturated carbocycles. The first-order valence-corrected chi connectivity index (χ1v) is 9.47. The van der Waals surface area contributed by atoms with Crippen molar-refractivity contribution < 1.29 is 134 Å². The summed E-state index contributed by atoms with van der Waals surface area (Å²) in [5.41, 5.74) is -20.1. The number of ether oxygens (including phenoxy) is 2. The van der Waals surface area contributed by atoms with Gasteiger partial charge in [0.1, 0.15) is 0 Å². The minimum absolute atomic E-state index is 0.888. The van der Waals surface area contributed by atoms with Crippen LogP contribution in [0.5, 0.6) is 0 Å². The molecule has 0 rings (SSSR count). The molecule has 0 aromatic heterocycles. The maximum atomic E-state index is 14.6. The van der Waals surface area contributed by atoms with Crippen LogP contribution in [0.1, 0.15) is 0 Å². The van der Waals surface area contributed by atoms with Crippen molar-refractivity contribution in [2.24, 2.45) is 0 Å². The van der Waals surface area contributed by atoms with Crippen LogP contribution in [0, 0.1) is 0 Å². The molecule has 0 spiro atoms. The Morgan fingerprint density at radius 3 is 1.02 bits per heavy atom. The van der Waals surface area contributed by atoms with Crippen LogP contribution in [-0.2, 0) is 14.3 Å². The van der Waals surface area contributed by atoms with Gasteiger partial charge in [0.15, 0.2) is 0 Å². The van der Waals surface area contributed by atoms with Crippen molar-refractivity contribution in [3.05, 3.63) is 0 Å². The highest BCUT2D eigenvalue weighted by molar-refractivity contribution is 6.24. The third-order valence-corrected chi connectivity index (χ3v) is 5.18. The van der Waals surface area contributed by atoms with Crippen molar-refractivity contribution in [2.75, 3.05) is 0 Å². The molecule has 0 radical (unpaired) electrons. The summed E-state index contributed by atoms with van der Waals surface area (Å²) in [7, 11) is 0. The number of aliphatic carboxylic acids is 1. The summed E-state index contributed by atoms with van der Waals surface area (Å²) in [5.74, 6) is -33.9. The molecule has 0 aliphatic heterocycles. The van der Waals surface area contributed by atoms with E-state index in [0.717, 1.165) is 9.47 Å². The van der Waals surface area contributed by atoms with Crippen LogP contribution in [0.15, 0.2) is 0 Å². The molecular formula is C14HClF26O4. The number of carboxylic acids is 1. The van der Waals surface area contributed by atoms with Gasteiger partial charge in [-0.05, 0) is 0 Å². The molecule has 0 heterocycles. The zero-order chi connectivity index (χ0) is 37.5. The number of rotatable bonds is 11. The summed E-state index contributed by atoms with van der Waals surface area (Å²) in [6, 6.07) is 0. The Bertz CT molecular complexity index is 1100. The van der Waals surface area contributed by atoms with Crippen molar-refractivity contribution in [1.29, 1.82) is 0 Å². The van der Waals surface area contributed by atoms with Crippen molar-refractivity contribution in [1.82, 2.24) is 0 Å². The summed E-state index contributed by atoms with van der Waals surface area (Å²) in [5, 5.41) is 0.290. The van der Waals surface area contributed by atoms with Crippen LogP contribution in [0.25, 0.3) is 0 Å². The van der Waals surface area contributed by atoms with Crippen molar-refractivity contribution in [2.45, 2.75) is 77.2 Å². The zero-order valence-electron chi connectivity index (χ0n) is 18.9. The average Bonchev–Trinajstić information content (AvgIpc) is 2.72. The van der Waals surface area contributed by atoms with Crippen LogP contribution in [0.2, 0.25) is 0 Å². The maximum absolute atomic E-state index is 14.6. The van der Waals surface area contributed by atoms with Crippen LogP contribution in [0.4, 0.5) is 114 Å². The highest BCUT2D eigenvalue weighted by atomic mass is 35.5. The van der Waals surface area contributed by atoms with E-state index in [1.807, 2.05) is 0 Å². The fourth-order valence-corrected chi connectivity index (χ4v) is 2.56. The topological polar surface area (TPSA) is 55.8 Å². The maximum Gasteiger partial charge on any atom is 0.459 e. The first-order valence-electron chi connectivity index (χ1n) is 9.10. The van der Waals surface area contributed by atoms with E-state index >= 15 is 0 Å². The molecule has 45 heavy (non-hydrogen) atoms. The van der Waals surface area contributed by atoms with Gasteiger partial charge in [-0.15, -0.1) is 0 Å². The van der Waals surface area contributed by atoms with Gasteiger partial charge in [0.05, 0.1) is 0 Å². The molecule has 0 fully saturated rings. The van der Waals surface area contributed by atoms with E-state index in [0.29, 0.717) is 0 Å². The molecular weight excluding hydrogens is 762 g/mol. The fourth-order valence-electron chi connectivity index (χ4n) is 2.52. The standard InChI is InChI=1S/C14HClF26O4/c15-5(20,11(32,33)34)14(40,41)45-13(38,39)4(19,10(29,30)31)6(21,22)3(18,9(26,27)28)7(23,24)8(25,12(35,36)37)44-2(16,17)1(42)43/h(H,42,43). The highest BCUT2D eigenvalue weighted by Gasteiger charge is 3.02. The van der Waals surface area contributed by atoms with E-state index in [4.69, 9.17) is 5.11 Å². The fraction of sp³-hybridized carbons (Fsp3) is 0.929. The predicted molar refractivity (Wildman–Crippen MR) is 80.0 cm³/mol. The van der Waals surface area contributed by atoms with Gasteiger partial charge in [-0.2, -0.15) is 101 Å². The number of carboxylic acid groups (broad SMARTS) is 1. The number of hydrogen-bond donors (Lipinski definition) is 1. The van der Waals surface area contributed by atoms with Gasteiger partial charge < -0.3 is 5.11 Å². The van der Waals surface area contributed by atoms with Gasteiger partial charge in [0.2, 0.25) is 0 Å². The van der Waals surface area contributed by atoms with Crippen LogP contribution < -0.4 is 0 Å². The second-order valence-electron chi connectivity index (χ2n) is 7.69. The van der Waals surface area contributed by atoms with Crippen LogP contribution in [0.3, 0.4) is 0 Å². The van der Waals surface area contributed by atoms with Crippen molar-refractivity contribution in [3.8, 4) is 0 Å². The van der Waals surface area contributed by atoms with E-state index in [1.54, 1.807) is 0 Å². The smallest absolute Gasteiger partial charge is 0.459 e. The molecule has 0 amide bonds. The summed E-state index contributed by atoms with van der Waals surface area (Å²) < 4.78 is 350. The molecule has 0 bridgehead atoms. The molecule has 0 aliphatic carbocycles. The van der Waals surface area contributed by atoms with E-state index in [1.165, 1.54) is 0 Å². The van der Waals surface area contributed by atoms with Gasteiger partial charge in [0.25, 0.3) is 0 Å². The van der Waals surface area contributed by atoms with E-state index in [-0.39, 0.29) is 0 Å². The lowest BCUT2D eigenvalue weighted by Gasteiger charge is -2.50. The minimum atomic E-state index is -10.2.